The van der Waals surface area contributed by atoms with Crippen LogP contribution in [0.5, 0.6) is 0 Å². The highest BCUT2D eigenvalue weighted by molar-refractivity contribution is 5.92. The summed E-state index contributed by atoms with van der Waals surface area (Å²) >= 11 is 0. The lowest BCUT2D eigenvalue weighted by Gasteiger charge is -2.32. The van der Waals surface area contributed by atoms with Gasteiger partial charge in [0.1, 0.15) is 5.69 Å². The third-order valence-electron chi connectivity index (χ3n) is 4.86. The molecule has 2 aliphatic rings. The van der Waals surface area contributed by atoms with Crippen LogP contribution in [0.3, 0.4) is 0 Å². The Morgan fingerprint density at radius 1 is 1.24 bits per heavy atom. The van der Waals surface area contributed by atoms with Crippen LogP contribution in [0.4, 0.5) is 0 Å². The van der Waals surface area contributed by atoms with Gasteiger partial charge in [-0.3, -0.25) is 4.79 Å². The highest BCUT2D eigenvalue weighted by atomic mass is 16.3. The molecule has 3 rings (SSSR count). The molecule has 0 bridgehead atoms. The average Bonchev–Trinajstić information content (AvgIpc) is 3.04. The lowest BCUT2D eigenvalue weighted by Crippen LogP contribution is -2.40. The summed E-state index contributed by atoms with van der Waals surface area (Å²) in [6.07, 6.45) is 6.04. The van der Waals surface area contributed by atoms with E-state index in [1.165, 1.54) is 0 Å². The number of carbonyl (C=O) groups excluding carboxylic acids is 1. The maximum Gasteiger partial charge on any atom is 0.270 e. The van der Waals surface area contributed by atoms with Crippen LogP contribution in [0.25, 0.3) is 0 Å². The molecule has 5 heteroatoms. The van der Waals surface area contributed by atoms with Crippen molar-refractivity contribution in [3.8, 4) is 0 Å². The average molecular weight is 291 g/mol. The molecule has 0 unspecified atom stereocenters. The van der Waals surface area contributed by atoms with Gasteiger partial charge in [0.15, 0.2) is 0 Å². The van der Waals surface area contributed by atoms with E-state index in [-0.39, 0.29) is 12.5 Å². The van der Waals surface area contributed by atoms with Crippen LogP contribution in [0.15, 0.2) is 18.3 Å². The number of piperidine rings is 2. The summed E-state index contributed by atoms with van der Waals surface area (Å²) in [5, 5.41) is 12.6. The molecule has 0 aromatic carbocycles. The Labute approximate surface area is 125 Å². The van der Waals surface area contributed by atoms with Crippen molar-refractivity contribution >= 4 is 5.91 Å². The van der Waals surface area contributed by atoms with Gasteiger partial charge in [0.25, 0.3) is 5.91 Å². The molecule has 2 aliphatic heterocycles. The smallest absolute Gasteiger partial charge is 0.270 e. The van der Waals surface area contributed by atoms with Gasteiger partial charge in [-0.05, 0) is 56.8 Å². The summed E-state index contributed by atoms with van der Waals surface area (Å²) in [6.45, 7) is 3.83. The number of nitrogens with one attached hydrogen (secondary N) is 1. The maximum atomic E-state index is 12.7. The van der Waals surface area contributed by atoms with Crippen LogP contribution in [0.1, 0.15) is 42.2 Å². The molecule has 2 N–H and O–H groups in total. The van der Waals surface area contributed by atoms with Gasteiger partial charge in [-0.1, -0.05) is 0 Å². The fraction of sp³-hybridized carbons (Fsp3) is 0.688. The van der Waals surface area contributed by atoms with Crippen LogP contribution >= 0.6 is 0 Å². The number of carbonyl (C=O) groups is 1. The van der Waals surface area contributed by atoms with Crippen LogP contribution in [-0.4, -0.2) is 53.3 Å². The minimum atomic E-state index is 0.148. The molecule has 5 nitrogen and oxygen atoms in total. The molecule has 0 aliphatic carbocycles. The SMILES string of the molecule is O=C(c1cccn1C1CCNCC1)N1CCC(CO)CC1. The fourth-order valence-electron chi connectivity index (χ4n) is 3.46. The second-order valence-corrected chi connectivity index (χ2v) is 6.20. The Hall–Kier alpha value is -1.33. The Kier molecular flexibility index (Phi) is 4.60. The Morgan fingerprint density at radius 3 is 2.62 bits per heavy atom. The predicted octanol–water partition coefficient (Wildman–Crippen LogP) is 1.26. The van der Waals surface area contributed by atoms with Crippen molar-refractivity contribution in [2.24, 2.45) is 5.92 Å². The number of hydrogen-bond donors (Lipinski definition) is 2. The molecule has 0 radical (unpaired) electrons. The maximum absolute atomic E-state index is 12.7. The van der Waals surface area contributed by atoms with Gasteiger partial charge in [-0.25, -0.2) is 0 Å². The van der Waals surface area contributed by atoms with Gasteiger partial charge >= 0.3 is 0 Å². The summed E-state index contributed by atoms with van der Waals surface area (Å²) in [7, 11) is 0. The van der Waals surface area contributed by atoms with Crippen molar-refractivity contribution < 1.29 is 9.90 Å². The van der Waals surface area contributed by atoms with Crippen molar-refractivity contribution in [1.82, 2.24) is 14.8 Å². The summed E-state index contributed by atoms with van der Waals surface area (Å²) in [5.74, 6) is 0.514. The van der Waals surface area contributed by atoms with Crippen LogP contribution in [-0.2, 0) is 0 Å². The highest BCUT2D eigenvalue weighted by Crippen LogP contribution is 2.24. The molecular weight excluding hydrogens is 266 g/mol. The first kappa shape index (κ1) is 14.6. The molecule has 3 heterocycles. The van der Waals surface area contributed by atoms with Gasteiger partial charge in [0.2, 0.25) is 0 Å². The third kappa shape index (κ3) is 3.14. The number of hydrogen-bond acceptors (Lipinski definition) is 3. The van der Waals surface area contributed by atoms with E-state index in [0.29, 0.717) is 12.0 Å². The number of rotatable bonds is 3. The van der Waals surface area contributed by atoms with Crippen molar-refractivity contribution in [1.29, 1.82) is 0 Å². The Morgan fingerprint density at radius 2 is 1.95 bits per heavy atom. The molecule has 2 fully saturated rings. The zero-order valence-electron chi connectivity index (χ0n) is 12.5. The largest absolute Gasteiger partial charge is 0.396 e. The molecule has 1 aromatic rings. The minimum absolute atomic E-state index is 0.148. The van der Waals surface area contributed by atoms with Crippen molar-refractivity contribution in [3.63, 3.8) is 0 Å². The van der Waals surface area contributed by atoms with E-state index in [1.54, 1.807) is 0 Å². The first-order valence-electron chi connectivity index (χ1n) is 8.07. The second-order valence-electron chi connectivity index (χ2n) is 6.20. The molecular formula is C16H25N3O2. The van der Waals surface area contributed by atoms with Crippen LogP contribution in [0.2, 0.25) is 0 Å². The molecule has 1 amide bonds. The Bertz CT molecular complexity index is 472. The number of amides is 1. The molecule has 2 saturated heterocycles. The number of nitrogens with zero attached hydrogens (tertiary/aromatic N) is 2. The quantitative estimate of drug-likeness (QED) is 0.881. The van der Waals surface area contributed by atoms with Crippen molar-refractivity contribution in [2.75, 3.05) is 32.8 Å². The molecule has 21 heavy (non-hydrogen) atoms. The summed E-state index contributed by atoms with van der Waals surface area (Å²) < 4.78 is 2.17. The number of aromatic nitrogens is 1. The molecule has 0 saturated carbocycles. The lowest BCUT2D eigenvalue weighted by molar-refractivity contribution is 0.0637. The predicted molar refractivity (Wildman–Crippen MR) is 81.3 cm³/mol. The van der Waals surface area contributed by atoms with E-state index < -0.39 is 0 Å². The van der Waals surface area contributed by atoms with E-state index in [2.05, 4.69) is 9.88 Å². The summed E-state index contributed by atoms with van der Waals surface area (Å²) in [6, 6.07) is 4.37. The zero-order chi connectivity index (χ0) is 14.7. The van der Waals surface area contributed by atoms with Crippen molar-refractivity contribution in [3.05, 3.63) is 24.0 Å². The number of aliphatic hydroxyl groups excluding tert-OH is 1. The highest BCUT2D eigenvalue weighted by Gasteiger charge is 2.26. The normalized spacial score (nSPS) is 21.7. The minimum Gasteiger partial charge on any atom is -0.396 e. The molecule has 0 atom stereocenters. The molecule has 116 valence electrons. The topological polar surface area (TPSA) is 57.5 Å². The van der Waals surface area contributed by atoms with Gasteiger partial charge in [0.05, 0.1) is 0 Å². The first-order chi connectivity index (χ1) is 10.3. The van der Waals surface area contributed by atoms with Crippen LogP contribution in [0, 0.1) is 5.92 Å². The molecule has 0 spiro atoms. The van der Waals surface area contributed by atoms with Gasteiger partial charge in [0, 0.05) is 31.9 Å². The Balaban J connectivity index is 1.69. The fourth-order valence-corrected chi connectivity index (χ4v) is 3.46. The lowest BCUT2D eigenvalue weighted by atomic mass is 9.97. The van der Waals surface area contributed by atoms with E-state index in [4.69, 9.17) is 0 Å². The van der Waals surface area contributed by atoms with E-state index in [1.807, 2.05) is 23.2 Å². The van der Waals surface area contributed by atoms with Gasteiger partial charge in [-0.15, -0.1) is 0 Å². The monoisotopic (exact) mass is 291 g/mol. The van der Waals surface area contributed by atoms with E-state index in [9.17, 15) is 9.90 Å². The van der Waals surface area contributed by atoms with E-state index in [0.717, 1.165) is 57.6 Å². The van der Waals surface area contributed by atoms with Crippen LogP contribution < -0.4 is 5.32 Å². The van der Waals surface area contributed by atoms with E-state index >= 15 is 0 Å². The third-order valence-corrected chi connectivity index (χ3v) is 4.86. The number of aliphatic hydroxyl groups is 1. The summed E-state index contributed by atoms with van der Waals surface area (Å²) in [4.78, 5) is 14.7. The summed E-state index contributed by atoms with van der Waals surface area (Å²) in [5.41, 5.74) is 0.823. The zero-order valence-corrected chi connectivity index (χ0v) is 12.5. The van der Waals surface area contributed by atoms with Gasteiger partial charge in [-0.2, -0.15) is 0 Å². The number of likely N-dealkylation sites (tertiary alicyclic amines) is 1. The molecule has 1 aromatic heterocycles. The second kappa shape index (κ2) is 6.62. The standard InChI is InChI=1S/C16H25N3O2/c20-12-13-5-10-18(11-6-13)16(21)15-2-1-9-19(15)14-3-7-17-8-4-14/h1-2,9,13-14,17,20H,3-8,10-12H2. The van der Waals surface area contributed by atoms with Crippen molar-refractivity contribution in [2.45, 2.75) is 31.7 Å². The first-order valence-corrected chi connectivity index (χ1v) is 8.07. The van der Waals surface area contributed by atoms with Gasteiger partial charge < -0.3 is 19.9 Å².